The fraction of sp³-hybridized carbons (Fsp3) is 0.571. The van der Waals surface area contributed by atoms with Crippen molar-refractivity contribution in [3.05, 3.63) is 35.6 Å². The minimum Gasteiger partial charge on any atom is -0.316 e. The third kappa shape index (κ3) is 5.19. The highest BCUT2D eigenvalue weighted by Crippen LogP contribution is 2.13. The zero-order valence-electron chi connectivity index (χ0n) is 11.4. The first-order chi connectivity index (χ1) is 9.55. The van der Waals surface area contributed by atoms with Crippen LogP contribution < -0.4 is 10.0 Å². The third-order valence-corrected chi connectivity index (χ3v) is 4.90. The fourth-order valence-corrected chi connectivity index (χ4v) is 3.60. The molecule has 2 rings (SSSR count). The van der Waals surface area contributed by atoms with Crippen molar-refractivity contribution in [3.63, 3.8) is 0 Å². The van der Waals surface area contributed by atoms with Crippen LogP contribution in [0.2, 0.25) is 0 Å². The molecule has 0 spiro atoms. The Labute approximate surface area is 119 Å². The molecule has 1 aliphatic rings. The molecular formula is C14H21FN2O2S. The lowest BCUT2D eigenvalue weighted by molar-refractivity contribution is 0.358. The van der Waals surface area contributed by atoms with E-state index in [0.717, 1.165) is 32.4 Å². The van der Waals surface area contributed by atoms with Crippen LogP contribution in [0.25, 0.3) is 0 Å². The van der Waals surface area contributed by atoms with Gasteiger partial charge in [-0.05, 0) is 56.0 Å². The van der Waals surface area contributed by atoms with Gasteiger partial charge in [-0.3, -0.25) is 0 Å². The van der Waals surface area contributed by atoms with Gasteiger partial charge in [0.1, 0.15) is 5.82 Å². The average molecular weight is 300 g/mol. The largest absolute Gasteiger partial charge is 0.316 e. The predicted molar refractivity (Wildman–Crippen MR) is 77.2 cm³/mol. The lowest BCUT2D eigenvalue weighted by Crippen LogP contribution is -2.33. The van der Waals surface area contributed by atoms with E-state index >= 15 is 0 Å². The van der Waals surface area contributed by atoms with E-state index in [1.165, 1.54) is 24.3 Å². The average Bonchev–Trinajstić information content (AvgIpc) is 2.42. The summed E-state index contributed by atoms with van der Waals surface area (Å²) in [5.41, 5.74) is 0.596. The first kappa shape index (κ1) is 15.4. The van der Waals surface area contributed by atoms with Gasteiger partial charge in [0, 0.05) is 6.54 Å². The third-order valence-electron chi connectivity index (χ3n) is 3.54. The van der Waals surface area contributed by atoms with Gasteiger partial charge >= 0.3 is 0 Å². The van der Waals surface area contributed by atoms with Crippen molar-refractivity contribution in [2.45, 2.75) is 25.0 Å². The smallest absolute Gasteiger partial charge is 0.215 e. The van der Waals surface area contributed by atoms with Gasteiger partial charge in [0.25, 0.3) is 0 Å². The molecule has 2 N–H and O–H groups in total. The second-order valence-electron chi connectivity index (χ2n) is 5.28. The second-order valence-corrected chi connectivity index (χ2v) is 7.09. The molecule has 1 fully saturated rings. The van der Waals surface area contributed by atoms with E-state index in [0.29, 0.717) is 18.0 Å². The first-order valence-corrected chi connectivity index (χ1v) is 8.63. The van der Waals surface area contributed by atoms with Gasteiger partial charge in [0.05, 0.1) is 5.75 Å². The summed E-state index contributed by atoms with van der Waals surface area (Å²) in [6.07, 6.45) is 3.18. The quantitative estimate of drug-likeness (QED) is 0.839. The van der Waals surface area contributed by atoms with Crippen LogP contribution in [-0.4, -0.2) is 28.1 Å². The monoisotopic (exact) mass is 300 g/mol. The molecule has 1 heterocycles. The highest BCUT2D eigenvalue weighted by molar-refractivity contribution is 7.88. The summed E-state index contributed by atoms with van der Waals surface area (Å²) in [7, 11) is -3.34. The van der Waals surface area contributed by atoms with Crippen molar-refractivity contribution in [2.24, 2.45) is 5.92 Å². The van der Waals surface area contributed by atoms with Crippen LogP contribution in [-0.2, 0) is 15.8 Å². The Kier molecular flexibility index (Phi) is 5.51. The number of rotatable bonds is 6. The number of sulfonamides is 1. The zero-order chi connectivity index (χ0) is 14.4. The van der Waals surface area contributed by atoms with E-state index in [1.807, 2.05) is 0 Å². The Morgan fingerprint density at radius 2 is 2.05 bits per heavy atom. The van der Waals surface area contributed by atoms with E-state index < -0.39 is 10.0 Å². The molecule has 1 saturated heterocycles. The molecule has 0 saturated carbocycles. The molecule has 0 bridgehead atoms. The maximum atomic E-state index is 12.8. The molecule has 20 heavy (non-hydrogen) atoms. The number of benzene rings is 1. The van der Waals surface area contributed by atoms with Crippen LogP contribution in [0.3, 0.4) is 0 Å². The summed E-state index contributed by atoms with van der Waals surface area (Å²) in [6, 6.07) is 5.55. The van der Waals surface area contributed by atoms with Gasteiger partial charge in [0.2, 0.25) is 10.0 Å². The Balaban J connectivity index is 1.77. The molecular weight excluding hydrogens is 279 g/mol. The first-order valence-electron chi connectivity index (χ1n) is 6.98. The van der Waals surface area contributed by atoms with Crippen LogP contribution in [0.1, 0.15) is 24.8 Å². The van der Waals surface area contributed by atoms with E-state index in [1.54, 1.807) is 0 Å². The number of piperidine rings is 1. The lowest BCUT2D eigenvalue weighted by atomic mass is 9.96. The summed E-state index contributed by atoms with van der Waals surface area (Å²) in [5, 5.41) is 3.31. The summed E-state index contributed by atoms with van der Waals surface area (Å²) >= 11 is 0. The van der Waals surface area contributed by atoms with Gasteiger partial charge in [-0.1, -0.05) is 12.1 Å². The Morgan fingerprint density at radius 3 is 2.70 bits per heavy atom. The highest BCUT2D eigenvalue weighted by Gasteiger charge is 2.15. The minimum absolute atomic E-state index is 0.101. The number of hydrogen-bond donors (Lipinski definition) is 2. The SMILES string of the molecule is O=S(=O)(Cc1ccc(F)cc1)NCCC1CCCNC1. The molecule has 1 aromatic rings. The van der Waals surface area contributed by atoms with Crippen molar-refractivity contribution in [1.82, 2.24) is 10.0 Å². The summed E-state index contributed by atoms with van der Waals surface area (Å²) in [5.74, 6) is 0.0945. The summed E-state index contributed by atoms with van der Waals surface area (Å²) < 4.78 is 39.2. The molecule has 1 atom stereocenters. The molecule has 0 aliphatic carbocycles. The Hall–Kier alpha value is -0.980. The Bertz CT molecular complexity index is 510. The molecule has 0 amide bonds. The number of hydrogen-bond acceptors (Lipinski definition) is 3. The molecule has 6 heteroatoms. The molecule has 112 valence electrons. The van der Waals surface area contributed by atoms with Crippen molar-refractivity contribution < 1.29 is 12.8 Å². The highest BCUT2D eigenvalue weighted by atomic mass is 32.2. The number of halogens is 1. The minimum atomic E-state index is -3.34. The van der Waals surface area contributed by atoms with Gasteiger partial charge in [-0.25, -0.2) is 17.5 Å². The van der Waals surface area contributed by atoms with E-state index in [4.69, 9.17) is 0 Å². The summed E-state index contributed by atoms with van der Waals surface area (Å²) in [6.45, 7) is 2.50. The molecule has 1 unspecified atom stereocenters. The van der Waals surface area contributed by atoms with Gasteiger partial charge in [-0.2, -0.15) is 0 Å². The molecule has 0 aromatic heterocycles. The maximum Gasteiger partial charge on any atom is 0.215 e. The normalized spacial score (nSPS) is 19.9. The van der Waals surface area contributed by atoms with Crippen LogP contribution in [0.4, 0.5) is 4.39 Å². The van der Waals surface area contributed by atoms with Crippen LogP contribution in [0.5, 0.6) is 0 Å². The fourth-order valence-electron chi connectivity index (χ4n) is 2.44. The van der Waals surface area contributed by atoms with Gasteiger partial charge in [-0.15, -0.1) is 0 Å². The summed E-state index contributed by atoms with van der Waals surface area (Å²) in [4.78, 5) is 0. The van der Waals surface area contributed by atoms with Crippen molar-refractivity contribution >= 4 is 10.0 Å². The number of nitrogens with one attached hydrogen (secondary N) is 2. The van der Waals surface area contributed by atoms with Crippen LogP contribution >= 0.6 is 0 Å². The second kappa shape index (κ2) is 7.15. The van der Waals surface area contributed by atoms with E-state index in [-0.39, 0.29) is 11.6 Å². The Morgan fingerprint density at radius 1 is 1.30 bits per heavy atom. The molecule has 0 radical (unpaired) electrons. The lowest BCUT2D eigenvalue weighted by Gasteiger charge is -2.22. The van der Waals surface area contributed by atoms with E-state index in [2.05, 4.69) is 10.0 Å². The molecule has 4 nitrogen and oxygen atoms in total. The predicted octanol–water partition coefficient (Wildman–Crippen LogP) is 1.63. The van der Waals surface area contributed by atoms with Crippen LogP contribution in [0.15, 0.2) is 24.3 Å². The maximum absolute atomic E-state index is 12.8. The van der Waals surface area contributed by atoms with Gasteiger partial charge < -0.3 is 5.32 Å². The zero-order valence-corrected chi connectivity index (χ0v) is 12.3. The molecule has 1 aromatic carbocycles. The van der Waals surface area contributed by atoms with Gasteiger partial charge in [0.15, 0.2) is 0 Å². The van der Waals surface area contributed by atoms with Crippen molar-refractivity contribution in [1.29, 1.82) is 0 Å². The van der Waals surface area contributed by atoms with E-state index in [9.17, 15) is 12.8 Å². The standard InChI is InChI=1S/C14H21FN2O2S/c15-14-5-3-13(4-6-14)11-20(18,19)17-9-7-12-2-1-8-16-10-12/h3-6,12,16-17H,1-2,7-11H2. The topological polar surface area (TPSA) is 58.2 Å². The van der Waals surface area contributed by atoms with Crippen molar-refractivity contribution in [3.8, 4) is 0 Å². The van der Waals surface area contributed by atoms with Crippen LogP contribution in [0, 0.1) is 11.7 Å². The van der Waals surface area contributed by atoms with Crippen molar-refractivity contribution in [2.75, 3.05) is 19.6 Å². The molecule has 1 aliphatic heterocycles.